The first kappa shape index (κ1) is 51.1. The summed E-state index contributed by atoms with van der Waals surface area (Å²) in [7, 11) is -2.73. The van der Waals surface area contributed by atoms with Crippen LogP contribution >= 0.6 is 0 Å². The van der Waals surface area contributed by atoms with Gasteiger partial charge in [-0.05, 0) is 125 Å². The second-order valence-electron chi connectivity index (χ2n) is 22.9. The molecule has 3 atom stereocenters. The number of benzene rings is 3. The van der Waals surface area contributed by atoms with Crippen LogP contribution in [0.1, 0.15) is 125 Å². The van der Waals surface area contributed by atoms with Gasteiger partial charge in [0.25, 0.3) is 27.5 Å². The number of nitrogens with one attached hydrogen (secondary N) is 3. The number of anilines is 2. The van der Waals surface area contributed by atoms with Gasteiger partial charge in [-0.15, -0.1) is 0 Å². The second-order valence-corrected chi connectivity index (χ2v) is 24.6. The summed E-state index contributed by atoms with van der Waals surface area (Å²) in [5.41, 5.74) is 2.76. The maximum atomic E-state index is 15.2. The maximum absolute atomic E-state index is 15.2. The number of rotatable bonds is 13. The molecule has 75 heavy (non-hydrogen) atoms. The number of nitro benzene ring substituents is 1. The number of nitrogens with zero attached hydrogens (tertiary/aromatic N) is 5. The smallest absolute Gasteiger partial charge is 0.297 e. The number of pyridine rings is 1. The molecular weight excluding hydrogens is 980 g/mol. The van der Waals surface area contributed by atoms with Crippen LogP contribution in [0.25, 0.3) is 11.0 Å². The molecule has 5 fully saturated rings. The molecule has 3 aromatic carbocycles. The molecule has 1 amide bonds. The van der Waals surface area contributed by atoms with Gasteiger partial charge in [0, 0.05) is 81.5 Å². The Balaban J connectivity index is 0.856. The Bertz CT molecular complexity index is 3080. The first-order valence-corrected chi connectivity index (χ1v) is 28.3. The van der Waals surface area contributed by atoms with Crippen LogP contribution in [0.4, 0.5) is 21.5 Å². The molecule has 19 heteroatoms. The molecule has 4 N–H and O–H groups in total. The predicted octanol–water partition coefficient (Wildman–Crippen LogP) is 9.47. The molecule has 3 saturated heterocycles. The van der Waals surface area contributed by atoms with Gasteiger partial charge in [0.05, 0.1) is 32.4 Å². The maximum Gasteiger partial charge on any atom is 0.297 e. The van der Waals surface area contributed by atoms with E-state index in [9.17, 15) is 28.4 Å². The van der Waals surface area contributed by atoms with E-state index in [0.717, 1.165) is 63.9 Å². The van der Waals surface area contributed by atoms with Gasteiger partial charge in [-0.1, -0.05) is 44.5 Å². The Morgan fingerprint density at radius 3 is 2.45 bits per heavy atom. The number of piperidine rings is 2. The minimum absolute atomic E-state index is 0.0196. The van der Waals surface area contributed by atoms with Crippen molar-refractivity contribution in [2.75, 3.05) is 63.1 Å². The quantitative estimate of drug-likeness (QED) is 0.0641. The summed E-state index contributed by atoms with van der Waals surface area (Å²) < 4.78 is 65.0. The standard InChI is InChI=1S/C56H69FN8O9S/c1-34(2)39-8-5-6-9-40(39)41-10-7-11-46(41)64-32-56(33-64)20-24-63(25-21-56)36-12-13-42(48(26-36)74-50-29-43-44(57)30-58-52(43)60-54(50)73-37-16-22-62(4)23-17-37)53(66)61-75(70,71)38-27-47(65(68)69)51-49(28-38)72-31-45(59-51)35-14-18-55(3,67)19-15-35/h5-6,8-9,12-13,26-30,34-35,37,41,45-46,59,67H,7,10-11,14-25,31-33H2,1-4H3,(H,58,60)(H,61,66)/t35?,41-,45-,46?,55?/m1/s1. The van der Waals surface area contributed by atoms with Crippen molar-refractivity contribution in [3.63, 3.8) is 0 Å². The molecule has 0 bridgehead atoms. The number of aromatic nitrogens is 2. The minimum Gasteiger partial charge on any atom is -0.489 e. The van der Waals surface area contributed by atoms with Crippen LogP contribution in [-0.2, 0) is 10.0 Å². The molecule has 2 aromatic heterocycles. The van der Waals surface area contributed by atoms with Crippen molar-refractivity contribution in [3.8, 4) is 23.1 Å². The Labute approximate surface area is 437 Å². The Morgan fingerprint density at radius 1 is 0.973 bits per heavy atom. The summed E-state index contributed by atoms with van der Waals surface area (Å²) >= 11 is 0. The van der Waals surface area contributed by atoms with E-state index < -0.39 is 42.9 Å². The van der Waals surface area contributed by atoms with Gasteiger partial charge >= 0.3 is 0 Å². The minimum atomic E-state index is -4.77. The van der Waals surface area contributed by atoms with E-state index in [0.29, 0.717) is 56.4 Å². The van der Waals surface area contributed by atoms with Crippen LogP contribution in [0.2, 0.25) is 0 Å². The zero-order chi connectivity index (χ0) is 52.4. The highest BCUT2D eigenvalue weighted by Crippen LogP contribution is 2.50. The molecule has 17 nitrogen and oxygen atoms in total. The first-order valence-electron chi connectivity index (χ1n) is 26.9. The van der Waals surface area contributed by atoms with Gasteiger partial charge in [0.15, 0.2) is 17.2 Å². The van der Waals surface area contributed by atoms with Crippen LogP contribution < -0.4 is 29.1 Å². The Hall–Kier alpha value is -6.02. The van der Waals surface area contributed by atoms with E-state index in [1.165, 1.54) is 54.8 Å². The predicted molar refractivity (Wildman–Crippen MR) is 283 cm³/mol. The highest BCUT2D eigenvalue weighted by molar-refractivity contribution is 7.90. The molecule has 6 heterocycles. The summed E-state index contributed by atoms with van der Waals surface area (Å²) in [6, 6.07) is 17.7. The molecule has 1 spiro atoms. The fourth-order valence-corrected chi connectivity index (χ4v) is 13.9. The number of hydrogen-bond donors (Lipinski definition) is 4. The van der Waals surface area contributed by atoms with Crippen molar-refractivity contribution in [1.29, 1.82) is 0 Å². The third-order valence-corrected chi connectivity index (χ3v) is 18.7. The SMILES string of the molecule is CC(C)c1ccccc1[C@H]1CCCC1N1CC2(CCN(c3ccc(C(=O)NS(=O)(=O)c4cc5c(c([N+](=O)[O-])c4)N[C@@H](C4CCC(C)(O)CC4)CO5)c(Oc4cc5c(F)c[nH]c5nc4OC4CCN(C)CC4)c3)CC2)C1. The lowest BCUT2D eigenvalue weighted by molar-refractivity contribution is -0.384. The lowest BCUT2D eigenvalue weighted by Crippen LogP contribution is -2.63. The zero-order valence-electron chi connectivity index (χ0n) is 43.3. The lowest BCUT2D eigenvalue weighted by atomic mass is 9.70. The van der Waals surface area contributed by atoms with Gasteiger partial charge < -0.3 is 39.4 Å². The van der Waals surface area contributed by atoms with E-state index in [-0.39, 0.29) is 75.5 Å². The number of nitro groups is 1. The van der Waals surface area contributed by atoms with Crippen LogP contribution in [-0.4, -0.2) is 121 Å². The number of aromatic amines is 1. The second kappa shape index (κ2) is 20.2. The van der Waals surface area contributed by atoms with Crippen molar-refractivity contribution < 1.29 is 41.8 Å². The van der Waals surface area contributed by atoms with Crippen LogP contribution in [0.5, 0.6) is 23.1 Å². The lowest BCUT2D eigenvalue weighted by Gasteiger charge is -2.57. The van der Waals surface area contributed by atoms with Crippen LogP contribution in [0.15, 0.2) is 71.8 Å². The summed E-state index contributed by atoms with van der Waals surface area (Å²) in [6.45, 7) is 11.7. The van der Waals surface area contributed by atoms with Crippen molar-refractivity contribution >= 4 is 44.0 Å². The number of sulfonamides is 1. The van der Waals surface area contributed by atoms with Gasteiger partial charge in [-0.25, -0.2) is 17.5 Å². The van der Waals surface area contributed by atoms with Crippen LogP contribution in [0, 0.1) is 27.3 Å². The van der Waals surface area contributed by atoms with E-state index in [4.69, 9.17) is 14.2 Å². The van der Waals surface area contributed by atoms with Crippen molar-refractivity contribution in [3.05, 3.63) is 99.5 Å². The third-order valence-electron chi connectivity index (χ3n) is 17.4. The zero-order valence-corrected chi connectivity index (χ0v) is 44.1. The number of likely N-dealkylation sites (tertiary alicyclic amines) is 2. The third kappa shape index (κ3) is 10.4. The number of halogens is 1. The number of amides is 1. The van der Waals surface area contributed by atoms with E-state index in [2.05, 4.69) is 72.8 Å². The number of hydrogen-bond acceptors (Lipinski definition) is 14. The van der Waals surface area contributed by atoms with Gasteiger partial charge in [-0.2, -0.15) is 4.98 Å². The van der Waals surface area contributed by atoms with Gasteiger partial charge in [0.1, 0.15) is 29.9 Å². The average molecular weight is 1050 g/mol. The summed E-state index contributed by atoms with van der Waals surface area (Å²) in [5.74, 6) is -0.468. The van der Waals surface area contributed by atoms with Crippen LogP contribution in [0.3, 0.4) is 0 Å². The molecule has 5 aromatic rings. The fourth-order valence-electron chi connectivity index (χ4n) is 12.9. The molecule has 1 unspecified atom stereocenters. The fraction of sp³-hybridized carbons (Fsp3) is 0.536. The molecule has 6 aliphatic rings. The number of aliphatic hydroxyl groups is 1. The number of fused-ring (bicyclic) bond motifs is 2. The van der Waals surface area contributed by atoms with Crippen molar-refractivity contribution in [2.45, 2.75) is 132 Å². The summed E-state index contributed by atoms with van der Waals surface area (Å²) in [6.07, 6.45) is 10.5. The van der Waals surface area contributed by atoms with E-state index in [1.54, 1.807) is 19.1 Å². The highest BCUT2D eigenvalue weighted by Gasteiger charge is 2.50. The molecule has 400 valence electrons. The highest BCUT2D eigenvalue weighted by atomic mass is 32.2. The molecule has 0 radical (unpaired) electrons. The summed E-state index contributed by atoms with van der Waals surface area (Å²) in [5, 5.41) is 26.4. The largest absolute Gasteiger partial charge is 0.489 e. The number of carbonyl (C=O) groups excluding carboxylic acids is 1. The normalized spacial score (nSPS) is 25.3. The molecule has 2 aliphatic carbocycles. The van der Waals surface area contributed by atoms with E-state index in [1.807, 2.05) is 7.05 Å². The molecule has 11 rings (SSSR count). The van der Waals surface area contributed by atoms with Crippen molar-refractivity contribution in [1.82, 2.24) is 24.5 Å². The van der Waals surface area contributed by atoms with Gasteiger partial charge in [0.2, 0.25) is 0 Å². The first-order chi connectivity index (χ1) is 35.9. The topological polar surface area (TPSA) is 205 Å². The molecule has 2 saturated carbocycles. The van der Waals surface area contributed by atoms with Gasteiger partial charge in [-0.3, -0.25) is 19.8 Å². The Kier molecular flexibility index (Phi) is 13.7. The van der Waals surface area contributed by atoms with Crippen molar-refractivity contribution in [2.24, 2.45) is 11.3 Å². The number of carbonyl (C=O) groups is 1. The number of ether oxygens (including phenoxy) is 3. The molecular formula is C56H69FN8O9S. The molecule has 4 aliphatic heterocycles. The Morgan fingerprint density at radius 2 is 1.72 bits per heavy atom. The summed E-state index contributed by atoms with van der Waals surface area (Å²) in [4.78, 5) is 40.5. The number of H-pyrrole nitrogens is 1. The van der Waals surface area contributed by atoms with E-state index >= 15 is 4.39 Å². The average Bonchev–Trinajstić information content (AvgIpc) is 4.02. The monoisotopic (exact) mass is 1050 g/mol.